The number of aromatic nitrogens is 3. The van der Waals surface area contributed by atoms with Gasteiger partial charge in [-0.3, -0.25) is 0 Å². The average Bonchev–Trinajstić information content (AvgIpc) is 2.61. The van der Waals surface area contributed by atoms with Crippen LogP contribution in [0.5, 0.6) is 0 Å². The van der Waals surface area contributed by atoms with Crippen LogP contribution in [0.1, 0.15) is 43.8 Å². The molecule has 0 radical (unpaired) electrons. The molecule has 2 rings (SSSR count). The van der Waals surface area contributed by atoms with Gasteiger partial charge in [-0.15, -0.1) is 5.10 Å². The van der Waals surface area contributed by atoms with Crippen LogP contribution in [0.2, 0.25) is 0 Å². The SMILES string of the molecule is CCc1nnc(NC(C)c2ccc(S(=O)(=O)NC)cc2)nc1CC. The number of hydrogen-bond acceptors (Lipinski definition) is 6. The van der Waals surface area contributed by atoms with Gasteiger partial charge < -0.3 is 5.32 Å². The smallest absolute Gasteiger partial charge is 0.243 e. The highest BCUT2D eigenvalue weighted by Gasteiger charge is 2.13. The Morgan fingerprint density at radius 1 is 1.04 bits per heavy atom. The molecule has 0 spiro atoms. The number of anilines is 1. The van der Waals surface area contributed by atoms with Gasteiger partial charge in [-0.1, -0.05) is 26.0 Å². The molecule has 1 aromatic carbocycles. The zero-order valence-corrected chi connectivity index (χ0v) is 15.2. The molecule has 0 aliphatic carbocycles. The molecule has 24 heavy (non-hydrogen) atoms. The molecule has 2 N–H and O–H groups in total. The quantitative estimate of drug-likeness (QED) is 0.794. The molecule has 0 saturated carbocycles. The highest BCUT2D eigenvalue weighted by Crippen LogP contribution is 2.19. The van der Waals surface area contributed by atoms with Gasteiger partial charge in [0.25, 0.3) is 0 Å². The molecular formula is C16H23N5O2S. The van der Waals surface area contributed by atoms with Gasteiger partial charge in [-0.2, -0.15) is 5.10 Å². The molecule has 0 aliphatic rings. The van der Waals surface area contributed by atoms with E-state index in [4.69, 9.17) is 0 Å². The summed E-state index contributed by atoms with van der Waals surface area (Å²) in [6.45, 7) is 6.03. The fraction of sp³-hybridized carbons (Fsp3) is 0.438. The minimum absolute atomic E-state index is 0.0738. The van der Waals surface area contributed by atoms with Crippen molar-refractivity contribution in [3.8, 4) is 0 Å². The maximum atomic E-state index is 11.7. The van der Waals surface area contributed by atoms with E-state index in [9.17, 15) is 8.42 Å². The number of nitrogens with zero attached hydrogens (tertiary/aromatic N) is 3. The Balaban J connectivity index is 2.16. The molecule has 0 aliphatic heterocycles. The molecule has 1 aromatic heterocycles. The maximum absolute atomic E-state index is 11.7. The van der Waals surface area contributed by atoms with E-state index in [2.05, 4.69) is 25.2 Å². The van der Waals surface area contributed by atoms with E-state index < -0.39 is 10.0 Å². The Bertz CT molecular complexity index is 791. The number of rotatable bonds is 7. The zero-order valence-electron chi connectivity index (χ0n) is 14.4. The molecule has 7 nitrogen and oxygen atoms in total. The van der Waals surface area contributed by atoms with E-state index in [1.54, 1.807) is 24.3 Å². The van der Waals surface area contributed by atoms with Gasteiger partial charge in [-0.05, 0) is 44.5 Å². The normalized spacial score (nSPS) is 12.8. The summed E-state index contributed by atoms with van der Waals surface area (Å²) in [5.41, 5.74) is 2.79. The lowest BCUT2D eigenvalue weighted by Crippen LogP contribution is -2.18. The third kappa shape index (κ3) is 4.07. The monoisotopic (exact) mass is 349 g/mol. The first-order valence-electron chi connectivity index (χ1n) is 7.93. The van der Waals surface area contributed by atoms with Crippen LogP contribution in [-0.2, 0) is 22.9 Å². The van der Waals surface area contributed by atoms with Crippen molar-refractivity contribution in [2.45, 2.75) is 44.6 Å². The number of hydrogen-bond donors (Lipinski definition) is 2. The van der Waals surface area contributed by atoms with Crippen LogP contribution in [-0.4, -0.2) is 30.6 Å². The number of nitrogens with one attached hydrogen (secondary N) is 2. The van der Waals surface area contributed by atoms with E-state index >= 15 is 0 Å². The standard InChI is InChI=1S/C16H23N5O2S/c1-5-14-15(6-2)20-21-16(19-14)18-11(3)12-7-9-13(10-8-12)24(22,23)17-4/h7-11,17H,5-6H2,1-4H3,(H,18,19,21). The summed E-state index contributed by atoms with van der Waals surface area (Å²) in [4.78, 5) is 4.74. The highest BCUT2D eigenvalue weighted by molar-refractivity contribution is 7.89. The third-order valence-electron chi connectivity index (χ3n) is 3.81. The van der Waals surface area contributed by atoms with Crippen LogP contribution >= 0.6 is 0 Å². The van der Waals surface area contributed by atoms with Crippen LogP contribution in [0, 0.1) is 0 Å². The van der Waals surface area contributed by atoms with Gasteiger partial charge in [0.2, 0.25) is 16.0 Å². The molecule has 0 saturated heterocycles. The van der Waals surface area contributed by atoms with Crippen LogP contribution < -0.4 is 10.0 Å². The lowest BCUT2D eigenvalue weighted by atomic mass is 10.1. The lowest BCUT2D eigenvalue weighted by Gasteiger charge is -2.15. The number of aryl methyl sites for hydroxylation is 2. The summed E-state index contributed by atoms with van der Waals surface area (Å²) >= 11 is 0. The summed E-state index contributed by atoms with van der Waals surface area (Å²) in [7, 11) is -2.03. The molecule has 8 heteroatoms. The summed E-state index contributed by atoms with van der Waals surface area (Å²) in [5, 5.41) is 11.5. The average molecular weight is 349 g/mol. The first-order valence-corrected chi connectivity index (χ1v) is 9.42. The van der Waals surface area contributed by atoms with E-state index in [0.717, 1.165) is 29.8 Å². The summed E-state index contributed by atoms with van der Waals surface area (Å²) in [6, 6.07) is 6.63. The van der Waals surface area contributed by atoms with Crippen molar-refractivity contribution >= 4 is 16.0 Å². The van der Waals surface area contributed by atoms with Gasteiger partial charge in [0.05, 0.1) is 22.3 Å². The Kier molecular flexibility index (Phi) is 5.84. The summed E-state index contributed by atoms with van der Waals surface area (Å²) < 4.78 is 25.8. The Labute approximate surface area is 143 Å². The summed E-state index contributed by atoms with van der Waals surface area (Å²) in [6.07, 6.45) is 1.61. The molecule has 1 unspecified atom stereocenters. The first kappa shape index (κ1) is 18.3. The fourth-order valence-electron chi connectivity index (χ4n) is 2.33. The van der Waals surface area contributed by atoms with Crippen LogP contribution in [0.15, 0.2) is 29.2 Å². The Morgan fingerprint density at radius 3 is 2.21 bits per heavy atom. The first-order chi connectivity index (χ1) is 11.4. The molecule has 1 heterocycles. The van der Waals surface area contributed by atoms with Crippen molar-refractivity contribution in [1.29, 1.82) is 0 Å². The second-order valence-electron chi connectivity index (χ2n) is 5.38. The van der Waals surface area contributed by atoms with Crippen molar-refractivity contribution < 1.29 is 8.42 Å². The van der Waals surface area contributed by atoms with Gasteiger partial charge in [0.1, 0.15) is 0 Å². The van der Waals surface area contributed by atoms with Gasteiger partial charge in [0.15, 0.2) is 0 Å². The van der Waals surface area contributed by atoms with Gasteiger partial charge in [-0.25, -0.2) is 18.1 Å². The maximum Gasteiger partial charge on any atom is 0.243 e. The fourth-order valence-corrected chi connectivity index (χ4v) is 3.06. The molecule has 130 valence electrons. The zero-order chi connectivity index (χ0) is 17.7. The molecule has 0 amide bonds. The van der Waals surface area contributed by atoms with Crippen LogP contribution in [0.25, 0.3) is 0 Å². The second-order valence-corrected chi connectivity index (χ2v) is 7.27. The molecule has 0 fully saturated rings. The van der Waals surface area contributed by atoms with Crippen LogP contribution in [0.4, 0.5) is 5.95 Å². The van der Waals surface area contributed by atoms with E-state index in [0.29, 0.717) is 5.95 Å². The highest BCUT2D eigenvalue weighted by atomic mass is 32.2. The second kappa shape index (κ2) is 7.67. The summed E-state index contributed by atoms with van der Waals surface area (Å²) in [5.74, 6) is 0.475. The lowest BCUT2D eigenvalue weighted by molar-refractivity contribution is 0.588. The molecule has 1 atom stereocenters. The van der Waals surface area contributed by atoms with Crippen molar-refractivity contribution in [3.05, 3.63) is 41.2 Å². The van der Waals surface area contributed by atoms with Crippen LogP contribution in [0.3, 0.4) is 0 Å². The molecule has 2 aromatic rings. The Morgan fingerprint density at radius 2 is 1.67 bits per heavy atom. The Hall–Kier alpha value is -2.06. The van der Waals surface area contributed by atoms with Gasteiger partial charge >= 0.3 is 0 Å². The van der Waals surface area contributed by atoms with E-state index in [1.807, 2.05) is 20.8 Å². The molecule has 0 bridgehead atoms. The third-order valence-corrected chi connectivity index (χ3v) is 5.24. The van der Waals surface area contributed by atoms with Crippen molar-refractivity contribution in [2.24, 2.45) is 0 Å². The van der Waals surface area contributed by atoms with Crippen molar-refractivity contribution in [3.63, 3.8) is 0 Å². The number of sulfonamides is 1. The van der Waals surface area contributed by atoms with E-state index in [1.165, 1.54) is 7.05 Å². The topological polar surface area (TPSA) is 96.9 Å². The number of benzene rings is 1. The predicted octanol–water partition coefficient (Wildman–Crippen LogP) is 2.08. The van der Waals surface area contributed by atoms with Crippen molar-refractivity contribution in [1.82, 2.24) is 19.9 Å². The minimum atomic E-state index is -3.42. The molecular weight excluding hydrogens is 326 g/mol. The minimum Gasteiger partial charge on any atom is -0.346 e. The predicted molar refractivity (Wildman–Crippen MR) is 93.3 cm³/mol. The van der Waals surface area contributed by atoms with Gasteiger partial charge in [0, 0.05) is 0 Å². The van der Waals surface area contributed by atoms with Crippen molar-refractivity contribution in [2.75, 3.05) is 12.4 Å². The van der Waals surface area contributed by atoms with E-state index in [-0.39, 0.29) is 10.9 Å². The largest absolute Gasteiger partial charge is 0.346 e.